The molecule has 0 bridgehead atoms. The number of anilines is 1. The molecule has 28 heavy (non-hydrogen) atoms. The molecule has 0 radical (unpaired) electrons. The van der Waals surface area contributed by atoms with Crippen LogP contribution < -0.4 is 10.1 Å². The van der Waals surface area contributed by atoms with Crippen molar-refractivity contribution >= 4 is 34.8 Å². The highest BCUT2D eigenvalue weighted by molar-refractivity contribution is 6.32. The van der Waals surface area contributed by atoms with Gasteiger partial charge in [-0.05, 0) is 48.7 Å². The predicted octanol–water partition coefficient (Wildman–Crippen LogP) is 5.86. The summed E-state index contributed by atoms with van der Waals surface area (Å²) in [4.78, 5) is 13.3. The number of carbonyl (C=O) groups excluding carboxylic acids is 1. The molecule has 150 valence electrons. The number of nitrogens with one attached hydrogen (secondary N) is 1. The zero-order chi connectivity index (χ0) is 20.0. The Hall–Kier alpha value is -1.75. The number of hydrogen-bond donors (Lipinski definition) is 1. The van der Waals surface area contributed by atoms with Gasteiger partial charge in [0.2, 0.25) is 5.91 Å². The molecule has 1 fully saturated rings. The van der Waals surface area contributed by atoms with Crippen molar-refractivity contribution in [2.24, 2.45) is 0 Å². The Kier molecular flexibility index (Phi) is 7.22. The van der Waals surface area contributed by atoms with E-state index in [-0.39, 0.29) is 5.91 Å². The molecule has 0 aromatic heterocycles. The van der Waals surface area contributed by atoms with E-state index >= 15 is 0 Å². The van der Waals surface area contributed by atoms with Crippen molar-refractivity contribution in [1.29, 1.82) is 0 Å². The molecule has 2 aromatic rings. The lowest BCUT2D eigenvalue weighted by Crippen LogP contribution is -2.42. The van der Waals surface area contributed by atoms with Crippen LogP contribution in [0.2, 0.25) is 10.0 Å². The van der Waals surface area contributed by atoms with E-state index in [2.05, 4.69) is 5.32 Å². The van der Waals surface area contributed by atoms with Gasteiger partial charge in [-0.3, -0.25) is 4.79 Å². The lowest BCUT2D eigenvalue weighted by atomic mass is 9.68. The molecule has 0 atom stereocenters. The Balaban J connectivity index is 1.79. The van der Waals surface area contributed by atoms with Crippen molar-refractivity contribution in [2.45, 2.75) is 37.5 Å². The van der Waals surface area contributed by atoms with Crippen molar-refractivity contribution in [3.63, 3.8) is 0 Å². The van der Waals surface area contributed by atoms with Gasteiger partial charge in [0, 0.05) is 17.8 Å². The summed E-state index contributed by atoms with van der Waals surface area (Å²) in [5.74, 6) is 0.570. The standard InChI is InChI=1S/C22H25Cl2NO3/c1-27-13-14-28-20-10-9-18(15-19(20)24)25-21(26)22(11-3-2-4-12-22)16-5-7-17(23)8-6-16/h5-10,15H,2-4,11-14H2,1H3,(H,25,26). The first-order valence-corrected chi connectivity index (χ1v) is 10.3. The molecule has 1 saturated carbocycles. The summed E-state index contributed by atoms with van der Waals surface area (Å²) in [7, 11) is 1.62. The molecule has 1 amide bonds. The third kappa shape index (κ3) is 4.80. The van der Waals surface area contributed by atoms with Gasteiger partial charge < -0.3 is 14.8 Å². The van der Waals surface area contributed by atoms with Gasteiger partial charge in [-0.15, -0.1) is 0 Å². The maximum Gasteiger partial charge on any atom is 0.235 e. The van der Waals surface area contributed by atoms with Gasteiger partial charge in [0.25, 0.3) is 0 Å². The topological polar surface area (TPSA) is 47.6 Å². The van der Waals surface area contributed by atoms with Gasteiger partial charge in [-0.25, -0.2) is 0 Å². The molecule has 1 N–H and O–H groups in total. The maximum absolute atomic E-state index is 13.3. The molecular formula is C22H25Cl2NO3. The summed E-state index contributed by atoms with van der Waals surface area (Å²) in [6.45, 7) is 0.903. The third-order valence-corrected chi connectivity index (χ3v) is 5.82. The van der Waals surface area contributed by atoms with E-state index in [1.54, 1.807) is 19.2 Å². The summed E-state index contributed by atoms with van der Waals surface area (Å²) in [6, 6.07) is 12.9. The monoisotopic (exact) mass is 421 g/mol. The van der Waals surface area contributed by atoms with Crippen molar-refractivity contribution in [2.75, 3.05) is 25.6 Å². The second-order valence-electron chi connectivity index (χ2n) is 7.09. The van der Waals surface area contributed by atoms with E-state index < -0.39 is 5.41 Å². The molecule has 0 unspecified atom stereocenters. The number of hydrogen-bond acceptors (Lipinski definition) is 3. The number of halogens is 2. The fourth-order valence-electron chi connectivity index (χ4n) is 3.75. The minimum absolute atomic E-state index is 0.00126. The minimum Gasteiger partial charge on any atom is -0.490 e. The molecule has 0 spiro atoms. The highest BCUT2D eigenvalue weighted by atomic mass is 35.5. The molecule has 0 aliphatic heterocycles. The van der Waals surface area contributed by atoms with Crippen LogP contribution in [0.3, 0.4) is 0 Å². The second kappa shape index (κ2) is 9.64. The second-order valence-corrected chi connectivity index (χ2v) is 7.93. The maximum atomic E-state index is 13.3. The van der Waals surface area contributed by atoms with Crippen molar-refractivity contribution in [3.8, 4) is 5.75 Å². The predicted molar refractivity (Wildman–Crippen MR) is 114 cm³/mol. The van der Waals surface area contributed by atoms with E-state index in [0.29, 0.717) is 34.7 Å². The average Bonchev–Trinajstić information content (AvgIpc) is 2.71. The molecular weight excluding hydrogens is 397 g/mol. The van der Waals surface area contributed by atoms with Crippen LogP contribution in [0.15, 0.2) is 42.5 Å². The molecule has 1 aliphatic rings. The van der Waals surface area contributed by atoms with Gasteiger partial charge in [-0.1, -0.05) is 54.6 Å². The van der Waals surface area contributed by atoms with Crippen LogP contribution in [-0.2, 0) is 14.9 Å². The summed E-state index contributed by atoms with van der Waals surface area (Å²) in [6.07, 6.45) is 4.87. The summed E-state index contributed by atoms with van der Waals surface area (Å²) in [5.41, 5.74) is 1.14. The highest BCUT2D eigenvalue weighted by Gasteiger charge is 2.41. The van der Waals surface area contributed by atoms with Crippen molar-refractivity contribution in [3.05, 3.63) is 58.1 Å². The average molecular weight is 422 g/mol. The van der Waals surface area contributed by atoms with Gasteiger partial charge in [-0.2, -0.15) is 0 Å². The Labute approximate surface area is 176 Å². The van der Waals surface area contributed by atoms with Crippen LogP contribution >= 0.6 is 23.2 Å². The van der Waals surface area contributed by atoms with E-state index in [4.69, 9.17) is 32.7 Å². The molecule has 1 aliphatic carbocycles. The van der Waals surface area contributed by atoms with Crippen LogP contribution in [-0.4, -0.2) is 26.2 Å². The SMILES string of the molecule is COCCOc1ccc(NC(=O)C2(c3ccc(Cl)cc3)CCCCC2)cc1Cl. The zero-order valence-corrected chi connectivity index (χ0v) is 17.5. The van der Waals surface area contributed by atoms with Crippen LogP contribution in [0, 0.1) is 0 Å². The first kappa shape index (κ1) is 21.0. The summed E-state index contributed by atoms with van der Waals surface area (Å²) >= 11 is 12.4. The van der Waals surface area contributed by atoms with Crippen LogP contribution in [0.1, 0.15) is 37.7 Å². The lowest BCUT2D eigenvalue weighted by Gasteiger charge is -2.36. The molecule has 0 saturated heterocycles. The fourth-order valence-corrected chi connectivity index (χ4v) is 4.11. The fraction of sp³-hybridized carbons (Fsp3) is 0.409. The summed E-state index contributed by atoms with van der Waals surface area (Å²) in [5, 5.41) is 4.19. The summed E-state index contributed by atoms with van der Waals surface area (Å²) < 4.78 is 10.5. The number of carbonyl (C=O) groups is 1. The number of ether oxygens (including phenoxy) is 2. The molecule has 2 aromatic carbocycles. The highest BCUT2D eigenvalue weighted by Crippen LogP contribution is 2.41. The quantitative estimate of drug-likeness (QED) is 0.569. The number of benzene rings is 2. The van der Waals surface area contributed by atoms with Gasteiger partial charge in [0.15, 0.2) is 0 Å². The van der Waals surface area contributed by atoms with Crippen LogP contribution in [0.25, 0.3) is 0 Å². The van der Waals surface area contributed by atoms with E-state index in [1.807, 2.05) is 30.3 Å². The van der Waals surface area contributed by atoms with Crippen LogP contribution in [0.5, 0.6) is 5.75 Å². The Morgan fingerprint density at radius 2 is 1.75 bits per heavy atom. The normalized spacial score (nSPS) is 15.8. The number of amides is 1. The van der Waals surface area contributed by atoms with Gasteiger partial charge in [0.1, 0.15) is 12.4 Å². The smallest absolute Gasteiger partial charge is 0.235 e. The van der Waals surface area contributed by atoms with Gasteiger partial charge >= 0.3 is 0 Å². The largest absolute Gasteiger partial charge is 0.490 e. The van der Waals surface area contributed by atoms with E-state index in [0.717, 1.165) is 37.7 Å². The van der Waals surface area contributed by atoms with E-state index in [1.165, 1.54) is 0 Å². The van der Waals surface area contributed by atoms with Crippen molar-refractivity contribution < 1.29 is 14.3 Å². The Bertz CT molecular complexity index is 802. The van der Waals surface area contributed by atoms with E-state index in [9.17, 15) is 4.79 Å². The molecule has 0 heterocycles. The van der Waals surface area contributed by atoms with Crippen LogP contribution in [0.4, 0.5) is 5.69 Å². The van der Waals surface area contributed by atoms with Gasteiger partial charge in [0.05, 0.1) is 17.0 Å². The molecule has 3 rings (SSSR count). The molecule has 6 heteroatoms. The third-order valence-electron chi connectivity index (χ3n) is 5.27. The first-order valence-electron chi connectivity index (χ1n) is 9.54. The van der Waals surface area contributed by atoms with Crippen molar-refractivity contribution in [1.82, 2.24) is 0 Å². The Morgan fingerprint density at radius 3 is 2.39 bits per heavy atom. The number of methoxy groups -OCH3 is 1. The first-order chi connectivity index (χ1) is 13.5. The lowest BCUT2D eigenvalue weighted by molar-refractivity contribution is -0.122. The molecule has 4 nitrogen and oxygen atoms in total. The number of rotatable bonds is 7. The Morgan fingerprint density at radius 1 is 1.04 bits per heavy atom. The minimum atomic E-state index is -0.539. The zero-order valence-electron chi connectivity index (χ0n) is 16.0.